The van der Waals surface area contributed by atoms with Crippen LogP contribution in [0.5, 0.6) is 0 Å². The van der Waals surface area contributed by atoms with Crippen molar-refractivity contribution in [1.29, 1.82) is 0 Å². The number of rotatable bonds is 4. The van der Waals surface area contributed by atoms with Gasteiger partial charge in [-0.3, -0.25) is 4.79 Å². The molecule has 1 fully saturated rings. The molecule has 0 unspecified atom stereocenters. The molecule has 2 nitrogen and oxygen atoms in total. The maximum Gasteiger partial charge on any atom is 0.190 e. The summed E-state index contributed by atoms with van der Waals surface area (Å²) in [4.78, 5) is 12.1. The molecular formula is C15H18Cl2O2. The number of hydrogen-bond donors (Lipinski definition) is 0. The first-order valence-electron chi connectivity index (χ1n) is 6.76. The van der Waals surface area contributed by atoms with Crippen LogP contribution in [0.4, 0.5) is 0 Å². The van der Waals surface area contributed by atoms with E-state index in [-0.39, 0.29) is 18.5 Å². The Bertz CT molecular complexity index is 438. The predicted molar refractivity (Wildman–Crippen MR) is 78.2 cm³/mol. The Kier molecular flexibility index (Phi) is 5.68. The van der Waals surface area contributed by atoms with Crippen molar-refractivity contribution in [1.82, 2.24) is 0 Å². The van der Waals surface area contributed by atoms with Gasteiger partial charge in [-0.15, -0.1) is 0 Å². The molecule has 0 atom stereocenters. The minimum Gasteiger partial charge on any atom is -0.370 e. The number of benzene rings is 1. The van der Waals surface area contributed by atoms with Crippen LogP contribution in [0.25, 0.3) is 0 Å². The van der Waals surface area contributed by atoms with E-state index in [0.717, 1.165) is 12.8 Å². The van der Waals surface area contributed by atoms with E-state index in [1.165, 1.54) is 25.7 Å². The second kappa shape index (κ2) is 7.28. The monoisotopic (exact) mass is 300 g/mol. The Morgan fingerprint density at radius 2 is 1.84 bits per heavy atom. The Hall–Kier alpha value is -0.570. The number of Topliss-reactive ketones (excluding diaryl/α,β-unsaturated/α-hetero) is 1. The molecule has 1 aliphatic rings. The summed E-state index contributed by atoms with van der Waals surface area (Å²) in [5.74, 6) is -0.100. The lowest BCUT2D eigenvalue weighted by Gasteiger charge is -2.15. The Morgan fingerprint density at radius 3 is 2.53 bits per heavy atom. The van der Waals surface area contributed by atoms with E-state index >= 15 is 0 Å². The van der Waals surface area contributed by atoms with E-state index in [9.17, 15) is 4.79 Å². The third-order valence-electron chi connectivity index (χ3n) is 3.48. The molecule has 1 aliphatic carbocycles. The van der Waals surface area contributed by atoms with Crippen molar-refractivity contribution >= 4 is 29.0 Å². The van der Waals surface area contributed by atoms with Crippen molar-refractivity contribution in [3.63, 3.8) is 0 Å². The molecule has 2 rings (SSSR count). The normalized spacial score (nSPS) is 17.2. The summed E-state index contributed by atoms with van der Waals surface area (Å²) in [5, 5.41) is 0.945. The van der Waals surface area contributed by atoms with Gasteiger partial charge in [0.25, 0.3) is 0 Å². The fourth-order valence-electron chi connectivity index (χ4n) is 2.39. The summed E-state index contributed by atoms with van der Waals surface area (Å²) in [6, 6.07) is 4.91. The predicted octanol–water partition coefficient (Wildman–Crippen LogP) is 4.92. The first-order chi connectivity index (χ1) is 9.16. The van der Waals surface area contributed by atoms with Gasteiger partial charge in [-0.2, -0.15) is 0 Å². The van der Waals surface area contributed by atoms with Crippen LogP contribution >= 0.6 is 23.2 Å². The van der Waals surface area contributed by atoms with E-state index in [2.05, 4.69) is 0 Å². The average molecular weight is 301 g/mol. The van der Waals surface area contributed by atoms with Crippen molar-refractivity contribution in [2.75, 3.05) is 6.61 Å². The Balaban J connectivity index is 1.91. The zero-order valence-electron chi connectivity index (χ0n) is 10.8. The van der Waals surface area contributed by atoms with Gasteiger partial charge in [0.15, 0.2) is 5.78 Å². The zero-order valence-corrected chi connectivity index (χ0v) is 12.3. The minimum atomic E-state index is -0.100. The van der Waals surface area contributed by atoms with Gasteiger partial charge in [0.1, 0.15) is 6.61 Å². The Morgan fingerprint density at radius 1 is 1.16 bits per heavy atom. The van der Waals surface area contributed by atoms with E-state index in [4.69, 9.17) is 27.9 Å². The lowest BCUT2D eigenvalue weighted by Crippen LogP contribution is -2.18. The number of ether oxygens (including phenoxy) is 1. The third-order valence-corrected chi connectivity index (χ3v) is 4.05. The molecule has 1 aromatic rings. The highest BCUT2D eigenvalue weighted by Crippen LogP contribution is 2.23. The molecule has 0 saturated heterocycles. The van der Waals surface area contributed by atoms with Crippen LogP contribution in [0.1, 0.15) is 48.9 Å². The van der Waals surface area contributed by atoms with Gasteiger partial charge in [-0.25, -0.2) is 0 Å². The third kappa shape index (κ3) is 4.48. The number of halogens is 2. The Labute approximate surface area is 124 Å². The maximum atomic E-state index is 12.1. The molecule has 1 saturated carbocycles. The van der Waals surface area contributed by atoms with Gasteiger partial charge >= 0.3 is 0 Å². The summed E-state index contributed by atoms with van der Waals surface area (Å²) < 4.78 is 5.72. The smallest absolute Gasteiger partial charge is 0.190 e. The molecule has 19 heavy (non-hydrogen) atoms. The summed E-state index contributed by atoms with van der Waals surface area (Å²) in [5.41, 5.74) is 0.447. The quantitative estimate of drug-likeness (QED) is 0.583. The highest BCUT2D eigenvalue weighted by Gasteiger charge is 2.16. The van der Waals surface area contributed by atoms with Crippen molar-refractivity contribution in [2.45, 2.75) is 44.6 Å². The number of hydrogen-bond acceptors (Lipinski definition) is 2. The molecule has 0 aliphatic heterocycles. The molecule has 0 bridgehead atoms. The van der Waals surface area contributed by atoms with Gasteiger partial charge < -0.3 is 4.74 Å². The molecule has 0 spiro atoms. The number of carbonyl (C=O) groups is 1. The van der Waals surface area contributed by atoms with Crippen LogP contribution in [0, 0.1) is 0 Å². The summed E-state index contributed by atoms with van der Waals surface area (Å²) in [6.07, 6.45) is 7.24. The van der Waals surface area contributed by atoms with Crippen LogP contribution in [0.2, 0.25) is 10.0 Å². The fraction of sp³-hybridized carbons (Fsp3) is 0.533. The molecular weight excluding hydrogens is 283 g/mol. The van der Waals surface area contributed by atoms with Gasteiger partial charge in [-0.05, 0) is 31.0 Å². The van der Waals surface area contributed by atoms with E-state index < -0.39 is 0 Å². The maximum absolute atomic E-state index is 12.1. The SMILES string of the molecule is O=C(COC1CCCCCC1)c1cc(Cl)ccc1Cl. The topological polar surface area (TPSA) is 26.3 Å². The second-order valence-corrected chi connectivity index (χ2v) is 5.82. The van der Waals surface area contributed by atoms with Gasteiger partial charge in [0, 0.05) is 10.6 Å². The molecule has 0 aromatic heterocycles. The summed E-state index contributed by atoms with van der Waals surface area (Å²) in [6.45, 7) is 0.0880. The summed E-state index contributed by atoms with van der Waals surface area (Å²) in [7, 11) is 0. The highest BCUT2D eigenvalue weighted by molar-refractivity contribution is 6.35. The van der Waals surface area contributed by atoms with Crippen molar-refractivity contribution in [3.8, 4) is 0 Å². The van der Waals surface area contributed by atoms with Crippen LogP contribution in [0.3, 0.4) is 0 Å². The van der Waals surface area contributed by atoms with E-state index in [0.29, 0.717) is 15.6 Å². The minimum absolute atomic E-state index is 0.0880. The standard InChI is InChI=1S/C15H18Cl2O2/c16-11-7-8-14(17)13(9-11)15(18)10-19-12-5-3-1-2-4-6-12/h7-9,12H,1-6,10H2. The molecule has 0 amide bonds. The highest BCUT2D eigenvalue weighted by atomic mass is 35.5. The second-order valence-electron chi connectivity index (χ2n) is 4.97. The number of carbonyl (C=O) groups excluding carboxylic acids is 1. The lowest BCUT2D eigenvalue weighted by molar-refractivity contribution is 0.0389. The average Bonchev–Trinajstić information content (AvgIpc) is 2.67. The lowest BCUT2D eigenvalue weighted by atomic mass is 10.1. The molecule has 1 aromatic carbocycles. The largest absolute Gasteiger partial charge is 0.370 e. The van der Waals surface area contributed by atoms with Crippen LogP contribution < -0.4 is 0 Å². The number of ketones is 1. The van der Waals surface area contributed by atoms with E-state index in [1.54, 1.807) is 18.2 Å². The van der Waals surface area contributed by atoms with Crippen LogP contribution in [-0.2, 0) is 4.74 Å². The molecule has 4 heteroatoms. The molecule has 0 N–H and O–H groups in total. The van der Waals surface area contributed by atoms with Crippen molar-refractivity contribution < 1.29 is 9.53 Å². The zero-order chi connectivity index (χ0) is 13.7. The first-order valence-corrected chi connectivity index (χ1v) is 7.52. The first kappa shape index (κ1) is 14.8. The van der Waals surface area contributed by atoms with Gasteiger partial charge in [-0.1, -0.05) is 48.9 Å². The van der Waals surface area contributed by atoms with Gasteiger partial charge in [0.05, 0.1) is 11.1 Å². The van der Waals surface area contributed by atoms with E-state index in [1.807, 2.05) is 0 Å². The van der Waals surface area contributed by atoms with Gasteiger partial charge in [0.2, 0.25) is 0 Å². The van der Waals surface area contributed by atoms with Crippen molar-refractivity contribution in [3.05, 3.63) is 33.8 Å². The molecule has 0 heterocycles. The summed E-state index contributed by atoms with van der Waals surface area (Å²) >= 11 is 11.9. The van der Waals surface area contributed by atoms with Crippen molar-refractivity contribution in [2.24, 2.45) is 0 Å². The van der Waals surface area contributed by atoms with Crippen LogP contribution in [0.15, 0.2) is 18.2 Å². The molecule has 104 valence electrons. The fourth-order valence-corrected chi connectivity index (χ4v) is 2.79. The molecule has 0 radical (unpaired) electrons. The van der Waals surface area contributed by atoms with Crippen LogP contribution in [-0.4, -0.2) is 18.5 Å².